The van der Waals surface area contributed by atoms with E-state index in [1.54, 1.807) is 0 Å². The third kappa shape index (κ3) is 5.38. The van der Waals surface area contributed by atoms with Crippen molar-refractivity contribution in [3.8, 4) is 0 Å². The Balaban J connectivity index is 2.25. The molecule has 3 N–H and O–H groups in total. The molecule has 0 aliphatic carbocycles. The summed E-state index contributed by atoms with van der Waals surface area (Å²) in [6.45, 7) is 6.89. The van der Waals surface area contributed by atoms with Gasteiger partial charge in [0.05, 0.1) is 6.54 Å². The van der Waals surface area contributed by atoms with E-state index >= 15 is 0 Å². The summed E-state index contributed by atoms with van der Waals surface area (Å²) in [5, 5.41) is 2.83. The van der Waals surface area contributed by atoms with Crippen LogP contribution >= 0.6 is 0 Å². The zero-order valence-corrected chi connectivity index (χ0v) is 11.6. The maximum atomic E-state index is 11.3. The Morgan fingerprint density at radius 3 is 2.44 bits per heavy atom. The van der Waals surface area contributed by atoms with E-state index in [2.05, 4.69) is 15.2 Å². The molecule has 0 aromatic rings. The smallest absolute Gasteiger partial charge is 0.222 e. The van der Waals surface area contributed by atoms with Crippen molar-refractivity contribution in [3.63, 3.8) is 0 Å². The quantitative estimate of drug-likeness (QED) is 0.446. The number of nitrogens with one attached hydrogen (secondary N) is 1. The Kier molecular flexibility index (Phi) is 6.54. The van der Waals surface area contributed by atoms with Crippen molar-refractivity contribution in [2.24, 2.45) is 16.6 Å². The van der Waals surface area contributed by atoms with Gasteiger partial charge in [-0.25, -0.2) is 0 Å². The van der Waals surface area contributed by atoms with Gasteiger partial charge in [-0.05, 0) is 12.8 Å². The van der Waals surface area contributed by atoms with Gasteiger partial charge >= 0.3 is 0 Å². The van der Waals surface area contributed by atoms with Crippen molar-refractivity contribution in [1.82, 2.24) is 10.2 Å². The number of hydrogen-bond donors (Lipinski definition) is 2. The van der Waals surface area contributed by atoms with Gasteiger partial charge in [-0.2, -0.15) is 0 Å². The zero-order valence-electron chi connectivity index (χ0n) is 11.6. The Bertz CT molecular complexity index is 281. The van der Waals surface area contributed by atoms with Gasteiger partial charge in [0.2, 0.25) is 5.91 Å². The second kappa shape index (κ2) is 7.95. The minimum atomic E-state index is 0.0249. The Morgan fingerprint density at radius 2 is 1.89 bits per heavy atom. The fourth-order valence-corrected chi connectivity index (χ4v) is 1.95. The number of likely N-dealkylation sites (tertiary alicyclic amines) is 1. The van der Waals surface area contributed by atoms with E-state index in [1.165, 1.54) is 25.7 Å². The fraction of sp³-hybridized carbons (Fsp3) is 0.846. The molecule has 0 radical (unpaired) electrons. The van der Waals surface area contributed by atoms with Gasteiger partial charge in [-0.3, -0.25) is 9.79 Å². The molecule has 1 saturated heterocycles. The van der Waals surface area contributed by atoms with E-state index in [4.69, 9.17) is 5.73 Å². The van der Waals surface area contributed by atoms with E-state index in [0.717, 1.165) is 13.1 Å². The lowest BCUT2D eigenvalue weighted by molar-refractivity contribution is -0.123. The first-order valence-electron chi connectivity index (χ1n) is 6.94. The van der Waals surface area contributed by atoms with Gasteiger partial charge in [0.15, 0.2) is 5.96 Å². The second-order valence-electron chi connectivity index (χ2n) is 5.09. The Hall–Kier alpha value is -1.26. The number of nitrogens with two attached hydrogens (primary N) is 1. The van der Waals surface area contributed by atoms with Gasteiger partial charge in [0.25, 0.3) is 0 Å². The molecule has 104 valence electrons. The summed E-state index contributed by atoms with van der Waals surface area (Å²) in [6.07, 6.45) is 4.96. The van der Waals surface area contributed by atoms with E-state index in [9.17, 15) is 4.79 Å². The van der Waals surface area contributed by atoms with E-state index in [-0.39, 0.29) is 11.8 Å². The summed E-state index contributed by atoms with van der Waals surface area (Å²) in [7, 11) is 0. The van der Waals surface area contributed by atoms with Crippen LogP contribution in [0.15, 0.2) is 4.99 Å². The molecular formula is C13H26N4O. The molecule has 1 amide bonds. The van der Waals surface area contributed by atoms with Crippen LogP contribution in [-0.2, 0) is 4.79 Å². The van der Waals surface area contributed by atoms with Crippen LogP contribution in [0.2, 0.25) is 0 Å². The normalized spacial score (nSPS) is 17.7. The predicted octanol–water partition coefficient (Wildman–Crippen LogP) is 0.949. The van der Waals surface area contributed by atoms with Crippen molar-refractivity contribution in [3.05, 3.63) is 0 Å². The summed E-state index contributed by atoms with van der Waals surface area (Å²) < 4.78 is 0. The SMILES string of the molecule is CC(C)C(=O)NCCN=C(N)N1CCCCCC1. The number of amides is 1. The van der Waals surface area contributed by atoms with Crippen LogP contribution in [0.3, 0.4) is 0 Å². The summed E-state index contributed by atoms with van der Waals surface area (Å²) in [6, 6.07) is 0. The Labute approximate surface area is 110 Å². The fourth-order valence-electron chi connectivity index (χ4n) is 1.95. The van der Waals surface area contributed by atoms with Crippen molar-refractivity contribution in [2.45, 2.75) is 39.5 Å². The molecule has 1 fully saturated rings. The third-order valence-corrected chi connectivity index (χ3v) is 3.14. The monoisotopic (exact) mass is 254 g/mol. The number of carbonyl (C=O) groups excluding carboxylic acids is 1. The minimum absolute atomic E-state index is 0.0249. The number of aliphatic imine (C=N–C) groups is 1. The van der Waals surface area contributed by atoms with Crippen LogP contribution in [-0.4, -0.2) is 42.9 Å². The number of carbonyl (C=O) groups is 1. The molecule has 5 heteroatoms. The second-order valence-corrected chi connectivity index (χ2v) is 5.09. The van der Waals surface area contributed by atoms with Gasteiger partial charge in [0.1, 0.15) is 0 Å². The highest BCUT2D eigenvalue weighted by Crippen LogP contribution is 2.08. The highest BCUT2D eigenvalue weighted by molar-refractivity contribution is 5.79. The maximum absolute atomic E-state index is 11.3. The molecule has 1 heterocycles. The molecule has 18 heavy (non-hydrogen) atoms. The van der Waals surface area contributed by atoms with Crippen LogP contribution < -0.4 is 11.1 Å². The first kappa shape index (κ1) is 14.8. The first-order valence-corrected chi connectivity index (χ1v) is 6.94. The Morgan fingerprint density at radius 1 is 1.28 bits per heavy atom. The molecule has 1 aliphatic rings. The van der Waals surface area contributed by atoms with E-state index in [1.807, 2.05) is 13.8 Å². The lowest BCUT2D eigenvalue weighted by Crippen LogP contribution is -2.38. The topological polar surface area (TPSA) is 70.7 Å². The van der Waals surface area contributed by atoms with E-state index < -0.39 is 0 Å². The van der Waals surface area contributed by atoms with Crippen molar-refractivity contribution in [1.29, 1.82) is 0 Å². The van der Waals surface area contributed by atoms with E-state index in [0.29, 0.717) is 19.0 Å². The van der Waals surface area contributed by atoms with Crippen LogP contribution in [0.5, 0.6) is 0 Å². The third-order valence-electron chi connectivity index (χ3n) is 3.14. The molecule has 0 aromatic heterocycles. The molecule has 0 saturated carbocycles. The largest absolute Gasteiger partial charge is 0.370 e. The first-order chi connectivity index (χ1) is 8.61. The average molecular weight is 254 g/mol. The van der Waals surface area contributed by atoms with Gasteiger partial charge in [0, 0.05) is 25.6 Å². The molecule has 0 atom stereocenters. The summed E-state index contributed by atoms with van der Waals surface area (Å²) >= 11 is 0. The standard InChI is InChI=1S/C13H26N4O/c1-11(2)12(18)15-7-8-16-13(14)17-9-5-3-4-6-10-17/h11H,3-10H2,1-2H3,(H2,14,16)(H,15,18). The molecule has 1 aliphatic heterocycles. The van der Waals surface area contributed by atoms with Crippen molar-refractivity contribution < 1.29 is 4.79 Å². The molecule has 0 unspecified atom stereocenters. The maximum Gasteiger partial charge on any atom is 0.222 e. The molecular weight excluding hydrogens is 228 g/mol. The lowest BCUT2D eigenvalue weighted by atomic mass is 10.2. The predicted molar refractivity (Wildman–Crippen MR) is 74.4 cm³/mol. The van der Waals surface area contributed by atoms with Gasteiger partial charge in [-0.15, -0.1) is 0 Å². The molecule has 0 bridgehead atoms. The van der Waals surface area contributed by atoms with Crippen LogP contribution in [0, 0.1) is 5.92 Å². The summed E-state index contributed by atoms with van der Waals surface area (Å²) in [5.74, 6) is 0.714. The number of guanidine groups is 1. The summed E-state index contributed by atoms with van der Waals surface area (Å²) in [4.78, 5) is 17.8. The van der Waals surface area contributed by atoms with Gasteiger partial charge < -0.3 is 16.0 Å². The van der Waals surface area contributed by atoms with Crippen molar-refractivity contribution >= 4 is 11.9 Å². The number of nitrogens with zero attached hydrogens (tertiary/aromatic N) is 2. The minimum Gasteiger partial charge on any atom is -0.370 e. The molecule has 0 spiro atoms. The molecule has 5 nitrogen and oxygen atoms in total. The summed E-state index contributed by atoms with van der Waals surface area (Å²) in [5.41, 5.74) is 5.96. The average Bonchev–Trinajstić information content (AvgIpc) is 2.62. The lowest BCUT2D eigenvalue weighted by Gasteiger charge is -2.21. The van der Waals surface area contributed by atoms with Gasteiger partial charge in [-0.1, -0.05) is 26.7 Å². The molecule has 1 rings (SSSR count). The highest BCUT2D eigenvalue weighted by Gasteiger charge is 2.10. The molecule has 0 aromatic carbocycles. The van der Waals surface area contributed by atoms with Crippen LogP contribution in [0.25, 0.3) is 0 Å². The highest BCUT2D eigenvalue weighted by atomic mass is 16.1. The number of hydrogen-bond acceptors (Lipinski definition) is 2. The zero-order chi connectivity index (χ0) is 13.4. The van der Waals surface area contributed by atoms with Crippen LogP contribution in [0.4, 0.5) is 0 Å². The number of rotatable bonds is 4. The van der Waals surface area contributed by atoms with Crippen molar-refractivity contribution in [2.75, 3.05) is 26.2 Å². The van der Waals surface area contributed by atoms with Crippen LogP contribution in [0.1, 0.15) is 39.5 Å².